The summed E-state index contributed by atoms with van der Waals surface area (Å²) in [5.74, 6) is -0.428. The van der Waals surface area contributed by atoms with Crippen molar-refractivity contribution < 1.29 is 18.0 Å². The van der Waals surface area contributed by atoms with E-state index in [-0.39, 0.29) is 48.4 Å². The lowest BCUT2D eigenvalue weighted by atomic mass is 10.1. The first-order valence-corrected chi connectivity index (χ1v) is 11.9. The summed E-state index contributed by atoms with van der Waals surface area (Å²) in [5, 5.41) is 7.02. The van der Waals surface area contributed by atoms with Gasteiger partial charge in [0.05, 0.1) is 31.2 Å². The minimum absolute atomic E-state index is 0.104. The van der Waals surface area contributed by atoms with E-state index in [1.54, 1.807) is 0 Å². The lowest BCUT2D eigenvalue weighted by molar-refractivity contribution is -0.137. The van der Waals surface area contributed by atoms with Gasteiger partial charge in [-0.25, -0.2) is 19.4 Å². The molecule has 0 saturated carbocycles. The van der Waals surface area contributed by atoms with Crippen LogP contribution in [0, 0.1) is 0 Å². The first-order valence-electron chi connectivity index (χ1n) is 11.9. The summed E-state index contributed by atoms with van der Waals surface area (Å²) in [6.07, 6.45) is -0.643. The molecule has 40 heavy (non-hydrogen) atoms. The molecule has 208 valence electrons. The molecule has 0 aliphatic heterocycles. The van der Waals surface area contributed by atoms with E-state index in [0.29, 0.717) is 5.56 Å². The van der Waals surface area contributed by atoms with Crippen LogP contribution in [0.1, 0.15) is 11.1 Å². The minimum atomic E-state index is -4.50. The number of carbonyl (C=O) groups excluding carboxylic acids is 1. The summed E-state index contributed by atoms with van der Waals surface area (Å²) in [4.78, 5) is 58.4. The molecule has 1 aromatic carbocycles. The predicted molar refractivity (Wildman–Crippen MR) is 136 cm³/mol. The molecule has 4 heterocycles. The van der Waals surface area contributed by atoms with Gasteiger partial charge in [0, 0.05) is 20.6 Å². The molecule has 4 aromatic heterocycles. The van der Waals surface area contributed by atoms with Crippen molar-refractivity contribution in [2.24, 2.45) is 14.1 Å². The van der Waals surface area contributed by atoms with E-state index in [0.717, 1.165) is 16.7 Å². The minimum Gasteiger partial charge on any atom is -0.353 e. The van der Waals surface area contributed by atoms with Gasteiger partial charge in [0.2, 0.25) is 5.91 Å². The third kappa shape index (κ3) is 4.78. The Labute approximate surface area is 221 Å². The smallest absolute Gasteiger partial charge is 0.353 e. The molecule has 0 aliphatic carbocycles. The molecule has 0 fully saturated rings. The Morgan fingerprint density at radius 1 is 0.975 bits per heavy atom. The summed E-state index contributed by atoms with van der Waals surface area (Å²) >= 11 is 0. The second-order valence-electron chi connectivity index (χ2n) is 9.08. The van der Waals surface area contributed by atoms with Gasteiger partial charge in [-0.3, -0.25) is 28.1 Å². The third-order valence-corrected chi connectivity index (χ3v) is 6.41. The van der Waals surface area contributed by atoms with Crippen LogP contribution in [0.2, 0.25) is 0 Å². The molecule has 0 unspecified atom stereocenters. The molecular weight excluding hydrogens is 535 g/mol. The van der Waals surface area contributed by atoms with Gasteiger partial charge in [0.15, 0.2) is 16.8 Å². The number of hydrogen-bond donors (Lipinski definition) is 1. The molecule has 1 N–H and O–H groups in total. The fourth-order valence-electron chi connectivity index (χ4n) is 4.35. The van der Waals surface area contributed by atoms with Crippen LogP contribution in [-0.2, 0) is 44.7 Å². The van der Waals surface area contributed by atoms with E-state index in [2.05, 4.69) is 20.4 Å². The van der Waals surface area contributed by atoms with Crippen molar-refractivity contribution in [1.82, 2.24) is 43.3 Å². The zero-order valence-corrected chi connectivity index (χ0v) is 21.2. The SMILES string of the molecule is Cn1c(=O)c2c(ncn2CC(=O)NCCn2ncc3c(=O)n(Cc4cccc(C(F)(F)F)c4)cnc32)n(C)c1=O. The largest absolute Gasteiger partial charge is 0.416 e. The van der Waals surface area contributed by atoms with Crippen LogP contribution in [0.15, 0.2) is 57.5 Å². The highest BCUT2D eigenvalue weighted by atomic mass is 19.4. The van der Waals surface area contributed by atoms with Crippen molar-refractivity contribution in [3.8, 4) is 0 Å². The number of nitrogens with zero attached hydrogens (tertiary/aromatic N) is 8. The highest BCUT2D eigenvalue weighted by Crippen LogP contribution is 2.29. The summed E-state index contributed by atoms with van der Waals surface area (Å²) in [7, 11) is 2.81. The maximum absolute atomic E-state index is 13.0. The number of amides is 1. The molecule has 0 radical (unpaired) electrons. The molecule has 0 atom stereocenters. The van der Waals surface area contributed by atoms with Crippen molar-refractivity contribution >= 4 is 28.1 Å². The molecular formula is C24H22F3N9O4. The summed E-state index contributed by atoms with van der Waals surface area (Å²) < 4.78 is 45.2. The second kappa shape index (κ2) is 9.94. The Bertz CT molecular complexity index is 1950. The van der Waals surface area contributed by atoms with Crippen molar-refractivity contribution in [1.29, 1.82) is 0 Å². The quantitative estimate of drug-likeness (QED) is 0.302. The van der Waals surface area contributed by atoms with Crippen LogP contribution < -0.4 is 22.1 Å². The van der Waals surface area contributed by atoms with E-state index in [4.69, 9.17) is 0 Å². The lowest BCUT2D eigenvalue weighted by Gasteiger charge is -2.10. The number of halogens is 3. The van der Waals surface area contributed by atoms with Gasteiger partial charge in [0.1, 0.15) is 18.3 Å². The monoisotopic (exact) mass is 557 g/mol. The average molecular weight is 557 g/mol. The molecule has 0 spiro atoms. The second-order valence-corrected chi connectivity index (χ2v) is 9.08. The Morgan fingerprint density at radius 2 is 1.70 bits per heavy atom. The Kier molecular flexibility index (Phi) is 6.60. The molecule has 5 aromatic rings. The van der Waals surface area contributed by atoms with Gasteiger partial charge in [0.25, 0.3) is 11.1 Å². The fourth-order valence-corrected chi connectivity index (χ4v) is 4.35. The van der Waals surface area contributed by atoms with Crippen LogP contribution in [0.3, 0.4) is 0 Å². The maximum Gasteiger partial charge on any atom is 0.416 e. The van der Waals surface area contributed by atoms with Crippen LogP contribution in [0.25, 0.3) is 22.2 Å². The number of nitrogens with one attached hydrogen (secondary N) is 1. The fraction of sp³-hybridized carbons (Fsp3) is 0.292. The molecule has 1 amide bonds. The Hall–Kier alpha value is -5.02. The molecule has 0 aliphatic rings. The van der Waals surface area contributed by atoms with Crippen LogP contribution in [-0.4, -0.2) is 50.5 Å². The number of carbonyl (C=O) groups is 1. The number of alkyl halides is 3. The topological polar surface area (TPSA) is 144 Å². The van der Waals surface area contributed by atoms with E-state index in [1.165, 1.54) is 63.5 Å². The zero-order valence-electron chi connectivity index (χ0n) is 21.2. The molecule has 5 rings (SSSR count). The maximum atomic E-state index is 13.0. The standard InChI is InChI=1S/C24H22F3N9O4/c1-32-20-18(22(39)33(2)23(32)40)34(12-30-20)11-17(37)28-6-7-36-19-16(9-31-36)21(38)35(13-29-19)10-14-4-3-5-15(8-14)24(25,26)27/h3-5,8-9,12-13H,6-7,10-11H2,1-2H3,(H,28,37). The first-order chi connectivity index (χ1) is 19.0. The number of benzene rings is 1. The molecule has 0 saturated heterocycles. The van der Waals surface area contributed by atoms with Gasteiger partial charge in [-0.15, -0.1) is 0 Å². The van der Waals surface area contributed by atoms with Gasteiger partial charge in [-0.2, -0.15) is 18.3 Å². The molecule has 16 heteroatoms. The van der Waals surface area contributed by atoms with E-state index < -0.39 is 34.5 Å². The van der Waals surface area contributed by atoms with Crippen molar-refractivity contribution in [3.05, 3.63) is 85.4 Å². The number of hydrogen-bond acceptors (Lipinski definition) is 7. The van der Waals surface area contributed by atoms with Crippen LogP contribution in [0.5, 0.6) is 0 Å². The van der Waals surface area contributed by atoms with Crippen molar-refractivity contribution in [2.45, 2.75) is 25.8 Å². The van der Waals surface area contributed by atoms with E-state index >= 15 is 0 Å². The number of rotatable bonds is 7. The highest BCUT2D eigenvalue weighted by Gasteiger charge is 2.30. The number of fused-ring (bicyclic) bond motifs is 2. The van der Waals surface area contributed by atoms with E-state index in [1.807, 2.05) is 0 Å². The number of aryl methyl sites for hydroxylation is 1. The van der Waals surface area contributed by atoms with Gasteiger partial charge in [-0.05, 0) is 17.7 Å². The Balaban J connectivity index is 1.26. The molecule has 0 bridgehead atoms. The summed E-state index contributed by atoms with van der Waals surface area (Å²) in [5.41, 5.74) is -1.57. The summed E-state index contributed by atoms with van der Waals surface area (Å²) in [6.45, 7) is -0.0383. The average Bonchev–Trinajstić information content (AvgIpc) is 3.52. The third-order valence-electron chi connectivity index (χ3n) is 6.41. The van der Waals surface area contributed by atoms with Gasteiger partial charge in [-0.1, -0.05) is 12.1 Å². The van der Waals surface area contributed by atoms with E-state index in [9.17, 15) is 32.3 Å². The number of imidazole rings is 1. The molecule has 13 nitrogen and oxygen atoms in total. The lowest BCUT2D eigenvalue weighted by Crippen LogP contribution is -2.38. The van der Waals surface area contributed by atoms with Crippen molar-refractivity contribution in [3.63, 3.8) is 0 Å². The highest BCUT2D eigenvalue weighted by molar-refractivity contribution is 5.79. The van der Waals surface area contributed by atoms with Crippen LogP contribution in [0.4, 0.5) is 13.2 Å². The first kappa shape index (κ1) is 26.6. The van der Waals surface area contributed by atoms with Gasteiger partial charge < -0.3 is 9.88 Å². The van der Waals surface area contributed by atoms with Gasteiger partial charge >= 0.3 is 11.9 Å². The van der Waals surface area contributed by atoms with Crippen LogP contribution >= 0.6 is 0 Å². The Morgan fingerprint density at radius 3 is 2.45 bits per heavy atom. The normalized spacial score (nSPS) is 11.9. The zero-order chi connectivity index (χ0) is 28.8. The predicted octanol–water partition coefficient (Wildman–Crippen LogP) is 0.224. The van der Waals surface area contributed by atoms with Crippen molar-refractivity contribution in [2.75, 3.05) is 6.54 Å². The summed E-state index contributed by atoms with van der Waals surface area (Å²) in [6, 6.07) is 4.70. The number of aromatic nitrogens is 8.